The molecule has 0 saturated carbocycles. The van der Waals surface area contributed by atoms with Crippen LogP contribution in [-0.2, 0) is 4.79 Å². The number of hydrogen-bond acceptors (Lipinski definition) is 3. The number of benzene rings is 1. The fourth-order valence-corrected chi connectivity index (χ4v) is 3.38. The number of aliphatic carboxylic acids is 1. The van der Waals surface area contributed by atoms with Gasteiger partial charge in [0.25, 0.3) is 5.91 Å². The summed E-state index contributed by atoms with van der Waals surface area (Å²) in [5.74, 6) is -0.401. The molecule has 1 saturated heterocycles. The largest absolute Gasteiger partial charge is 0.481 e. The monoisotopic (exact) mass is 346 g/mol. The van der Waals surface area contributed by atoms with Gasteiger partial charge in [0.2, 0.25) is 0 Å². The highest BCUT2D eigenvalue weighted by Crippen LogP contribution is 2.23. The molecule has 5 heteroatoms. The quantitative estimate of drug-likeness (QED) is 0.781. The second-order valence-corrected chi connectivity index (χ2v) is 7.01. The molecule has 0 aliphatic carbocycles. The zero-order valence-corrected chi connectivity index (χ0v) is 15.4. The Morgan fingerprint density at radius 2 is 2.00 bits per heavy atom. The predicted molar refractivity (Wildman–Crippen MR) is 100 cm³/mol. The standard InChI is InChI=1S/C20H30N2O3/c1-3-4-13-21(2)18-10-8-17(9-11-18)20(25)22-14-5-6-16(15-22)7-12-19(23)24/h8-11,16H,3-7,12-15H2,1-2H3,(H,23,24). The van der Waals surface area contributed by atoms with E-state index in [2.05, 4.69) is 18.9 Å². The van der Waals surface area contributed by atoms with Gasteiger partial charge in [-0.3, -0.25) is 9.59 Å². The molecule has 1 aliphatic rings. The van der Waals surface area contributed by atoms with E-state index >= 15 is 0 Å². The lowest BCUT2D eigenvalue weighted by molar-refractivity contribution is -0.137. The number of amides is 1. The van der Waals surface area contributed by atoms with Crippen LogP contribution in [-0.4, -0.2) is 48.6 Å². The molecule has 5 nitrogen and oxygen atoms in total. The third-order valence-corrected chi connectivity index (χ3v) is 4.97. The van der Waals surface area contributed by atoms with Crippen molar-refractivity contribution in [2.45, 2.75) is 45.4 Å². The Kier molecular flexibility index (Phi) is 7.29. The molecule has 0 aromatic heterocycles. The number of carboxylic acid groups (broad SMARTS) is 1. The van der Waals surface area contributed by atoms with Crippen molar-refractivity contribution in [3.05, 3.63) is 29.8 Å². The SMILES string of the molecule is CCCCN(C)c1ccc(C(=O)N2CCCC(CCC(=O)O)C2)cc1. The molecule has 0 bridgehead atoms. The molecular formula is C20H30N2O3. The first-order chi connectivity index (χ1) is 12.0. The van der Waals surface area contributed by atoms with Crippen molar-refractivity contribution in [2.75, 3.05) is 31.6 Å². The lowest BCUT2D eigenvalue weighted by atomic mass is 9.93. The number of piperidine rings is 1. The van der Waals surface area contributed by atoms with Crippen molar-refractivity contribution in [3.63, 3.8) is 0 Å². The van der Waals surface area contributed by atoms with Crippen LogP contribution in [0, 0.1) is 5.92 Å². The summed E-state index contributed by atoms with van der Waals surface area (Å²) in [5.41, 5.74) is 1.84. The predicted octanol–water partition coefficient (Wildman–Crippen LogP) is 3.64. The van der Waals surface area contributed by atoms with Gasteiger partial charge in [-0.2, -0.15) is 0 Å². The van der Waals surface area contributed by atoms with E-state index in [-0.39, 0.29) is 12.3 Å². The maximum atomic E-state index is 12.7. The fourth-order valence-electron chi connectivity index (χ4n) is 3.38. The highest BCUT2D eigenvalue weighted by atomic mass is 16.4. The minimum atomic E-state index is -0.758. The molecule has 0 radical (unpaired) electrons. The van der Waals surface area contributed by atoms with Crippen molar-refractivity contribution >= 4 is 17.6 Å². The smallest absolute Gasteiger partial charge is 0.303 e. The van der Waals surface area contributed by atoms with Crippen LogP contribution >= 0.6 is 0 Å². The zero-order chi connectivity index (χ0) is 18.2. The van der Waals surface area contributed by atoms with Gasteiger partial charge in [-0.25, -0.2) is 0 Å². The van der Waals surface area contributed by atoms with Gasteiger partial charge in [0, 0.05) is 44.4 Å². The van der Waals surface area contributed by atoms with E-state index in [1.54, 1.807) is 0 Å². The Morgan fingerprint density at radius 3 is 2.64 bits per heavy atom. The van der Waals surface area contributed by atoms with Crippen molar-refractivity contribution < 1.29 is 14.7 Å². The van der Waals surface area contributed by atoms with Crippen LogP contribution in [0.4, 0.5) is 5.69 Å². The highest BCUT2D eigenvalue weighted by molar-refractivity contribution is 5.94. The van der Waals surface area contributed by atoms with Crippen molar-refractivity contribution in [1.82, 2.24) is 4.90 Å². The van der Waals surface area contributed by atoms with Crippen LogP contribution in [0.15, 0.2) is 24.3 Å². The number of carbonyl (C=O) groups excluding carboxylic acids is 1. The number of unbranched alkanes of at least 4 members (excludes halogenated alkanes) is 1. The van der Waals surface area contributed by atoms with Gasteiger partial charge in [-0.05, 0) is 55.9 Å². The van der Waals surface area contributed by atoms with E-state index in [0.29, 0.717) is 24.4 Å². The lowest BCUT2D eigenvalue weighted by Crippen LogP contribution is -2.40. The number of hydrogen-bond donors (Lipinski definition) is 1. The number of carbonyl (C=O) groups is 2. The Hall–Kier alpha value is -2.04. The Bertz CT molecular complexity index is 571. The number of likely N-dealkylation sites (tertiary alicyclic amines) is 1. The van der Waals surface area contributed by atoms with Crippen LogP contribution in [0.25, 0.3) is 0 Å². The molecule has 1 aromatic rings. The summed E-state index contributed by atoms with van der Waals surface area (Å²) in [4.78, 5) is 27.6. The molecule has 1 amide bonds. The van der Waals surface area contributed by atoms with Crippen molar-refractivity contribution in [2.24, 2.45) is 5.92 Å². The molecule has 1 unspecified atom stereocenters. The first-order valence-corrected chi connectivity index (χ1v) is 9.33. The normalized spacial score (nSPS) is 17.4. The maximum Gasteiger partial charge on any atom is 0.303 e. The van der Waals surface area contributed by atoms with Gasteiger partial charge in [0.1, 0.15) is 0 Å². The minimum absolute atomic E-state index is 0.0581. The van der Waals surface area contributed by atoms with Crippen LogP contribution in [0.3, 0.4) is 0 Å². The zero-order valence-electron chi connectivity index (χ0n) is 15.4. The van der Waals surface area contributed by atoms with Crippen LogP contribution in [0.1, 0.15) is 55.8 Å². The summed E-state index contributed by atoms with van der Waals surface area (Å²) in [6, 6.07) is 7.82. The number of rotatable bonds is 8. The molecule has 1 atom stereocenters. The van der Waals surface area contributed by atoms with Gasteiger partial charge in [-0.15, -0.1) is 0 Å². The topological polar surface area (TPSA) is 60.9 Å². The summed E-state index contributed by atoms with van der Waals surface area (Å²) in [5, 5.41) is 8.84. The van der Waals surface area contributed by atoms with E-state index in [1.807, 2.05) is 29.2 Å². The summed E-state index contributed by atoms with van der Waals surface area (Å²) < 4.78 is 0. The van der Waals surface area contributed by atoms with E-state index in [0.717, 1.165) is 38.0 Å². The average Bonchev–Trinajstić information content (AvgIpc) is 2.64. The van der Waals surface area contributed by atoms with Crippen LogP contribution in [0.2, 0.25) is 0 Å². The summed E-state index contributed by atoms with van der Waals surface area (Å²) in [7, 11) is 2.07. The first kappa shape index (κ1) is 19.3. The fraction of sp³-hybridized carbons (Fsp3) is 0.600. The van der Waals surface area contributed by atoms with Gasteiger partial charge >= 0.3 is 5.97 Å². The number of nitrogens with zero attached hydrogens (tertiary/aromatic N) is 2. The molecule has 138 valence electrons. The molecule has 1 heterocycles. The third kappa shape index (κ3) is 5.76. The summed E-state index contributed by atoms with van der Waals surface area (Å²) in [6.45, 7) is 4.63. The third-order valence-electron chi connectivity index (χ3n) is 4.97. The maximum absolute atomic E-state index is 12.7. The highest BCUT2D eigenvalue weighted by Gasteiger charge is 2.24. The Balaban J connectivity index is 1.94. The molecule has 25 heavy (non-hydrogen) atoms. The average molecular weight is 346 g/mol. The summed E-state index contributed by atoms with van der Waals surface area (Å²) in [6.07, 6.45) is 5.12. The van der Waals surface area contributed by atoms with E-state index < -0.39 is 5.97 Å². The van der Waals surface area contributed by atoms with Crippen molar-refractivity contribution in [1.29, 1.82) is 0 Å². The van der Waals surface area contributed by atoms with E-state index in [4.69, 9.17) is 5.11 Å². The number of carboxylic acids is 1. The van der Waals surface area contributed by atoms with Gasteiger partial charge in [0.15, 0.2) is 0 Å². The molecule has 0 spiro atoms. The van der Waals surface area contributed by atoms with Crippen LogP contribution in [0.5, 0.6) is 0 Å². The molecular weight excluding hydrogens is 316 g/mol. The molecule has 1 N–H and O–H groups in total. The Labute approximate surface area is 150 Å². The molecule has 1 aliphatic heterocycles. The van der Waals surface area contributed by atoms with Gasteiger partial charge < -0.3 is 14.9 Å². The summed E-state index contributed by atoms with van der Waals surface area (Å²) >= 11 is 0. The lowest BCUT2D eigenvalue weighted by Gasteiger charge is -2.32. The second kappa shape index (κ2) is 9.44. The first-order valence-electron chi connectivity index (χ1n) is 9.33. The van der Waals surface area contributed by atoms with Gasteiger partial charge in [-0.1, -0.05) is 13.3 Å². The van der Waals surface area contributed by atoms with Crippen LogP contribution < -0.4 is 4.90 Å². The van der Waals surface area contributed by atoms with Gasteiger partial charge in [0.05, 0.1) is 0 Å². The molecule has 2 rings (SSSR count). The second-order valence-electron chi connectivity index (χ2n) is 7.01. The number of anilines is 1. The van der Waals surface area contributed by atoms with E-state index in [9.17, 15) is 9.59 Å². The molecule has 1 fully saturated rings. The van der Waals surface area contributed by atoms with E-state index in [1.165, 1.54) is 6.42 Å². The minimum Gasteiger partial charge on any atom is -0.481 e. The Morgan fingerprint density at radius 1 is 1.28 bits per heavy atom. The molecule has 1 aromatic carbocycles. The van der Waals surface area contributed by atoms with Crippen molar-refractivity contribution in [3.8, 4) is 0 Å².